The summed E-state index contributed by atoms with van der Waals surface area (Å²) in [5.74, 6) is -1.08. The zero-order valence-electron chi connectivity index (χ0n) is 14.7. The van der Waals surface area contributed by atoms with Crippen LogP contribution in [0.15, 0.2) is 12.1 Å². The number of carbonyl (C=O) groups excluding carboxylic acids is 1. The number of aryl methyl sites for hydroxylation is 1. The van der Waals surface area contributed by atoms with Gasteiger partial charge in [-0.25, -0.2) is 9.59 Å². The molecule has 1 aromatic carbocycles. The number of methoxy groups -OCH3 is 1. The third-order valence-corrected chi connectivity index (χ3v) is 3.25. The van der Waals surface area contributed by atoms with Gasteiger partial charge in [-0.2, -0.15) is 0 Å². The third kappa shape index (κ3) is 5.64. The summed E-state index contributed by atoms with van der Waals surface area (Å²) < 4.78 is 10.2. The van der Waals surface area contributed by atoms with Crippen molar-refractivity contribution in [1.82, 2.24) is 5.32 Å². The Labute approximate surface area is 141 Å². The maximum atomic E-state index is 11.8. The second-order valence-electron chi connectivity index (χ2n) is 6.40. The van der Waals surface area contributed by atoms with Crippen molar-refractivity contribution in [2.24, 2.45) is 0 Å². The number of carboxylic acid groups (broad SMARTS) is 1. The molecule has 0 saturated heterocycles. The number of carbonyl (C=O) groups is 2. The largest absolute Gasteiger partial charge is 0.504 e. The molecule has 0 fully saturated rings. The summed E-state index contributed by atoms with van der Waals surface area (Å²) in [6, 6.07) is 2.16. The molecule has 1 rings (SSSR count). The number of hydrogen-bond donors (Lipinski definition) is 3. The van der Waals surface area contributed by atoms with Gasteiger partial charge < -0.3 is 25.0 Å². The molecule has 0 aliphatic heterocycles. The zero-order valence-corrected chi connectivity index (χ0v) is 14.7. The topological polar surface area (TPSA) is 105 Å². The Bertz CT molecular complexity index is 606. The minimum Gasteiger partial charge on any atom is -0.504 e. The van der Waals surface area contributed by atoms with Gasteiger partial charge in [0.25, 0.3) is 0 Å². The van der Waals surface area contributed by atoms with Crippen LogP contribution < -0.4 is 10.1 Å². The highest BCUT2D eigenvalue weighted by Crippen LogP contribution is 2.32. The van der Waals surface area contributed by atoms with Gasteiger partial charge in [0, 0.05) is 12.0 Å². The van der Waals surface area contributed by atoms with Crippen molar-refractivity contribution in [1.29, 1.82) is 0 Å². The van der Waals surface area contributed by atoms with Crippen LogP contribution in [0, 0.1) is 0 Å². The summed E-state index contributed by atoms with van der Waals surface area (Å²) in [6.45, 7) is 6.99. The number of aromatic hydroxyl groups is 1. The fraction of sp³-hybridized carbons (Fsp3) is 0.529. The van der Waals surface area contributed by atoms with Crippen molar-refractivity contribution in [3.63, 3.8) is 0 Å². The molecule has 0 saturated carbocycles. The van der Waals surface area contributed by atoms with E-state index in [2.05, 4.69) is 5.32 Å². The highest BCUT2D eigenvalue weighted by molar-refractivity contribution is 5.80. The van der Waals surface area contributed by atoms with Crippen molar-refractivity contribution in [3.8, 4) is 11.5 Å². The molecule has 0 radical (unpaired) electrons. The molecule has 1 amide bonds. The van der Waals surface area contributed by atoms with E-state index in [1.54, 1.807) is 32.9 Å². The summed E-state index contributed by atoms with van der Waals surface area (Å²) in [4.78, 5) is 23.3. The fourth-order valence-electron chi connectivity index (χ4n) is 2.11. The van der Waals surface area contributed by atoms with Gasteiger partial charge in [0.1, 0.15) is 11.6 Å². The predicted octanol–water partition coefficient (Wildman–Crippen LogP) is 2.48. The second-order valence-corrected chi connectivity index (χ2v) is 6.40. The van der Waals surface area contributed by atoms with Crippen LogP contribution in [0.2, 0.25) is 0 Å². The molecule has 0 heterocycles. The van der Waals surface area contributed by atoms with E-state index in [-0.39, 0.29) is 17.9 Å². The number of rotatable bonds is 6. The lowest BCUT2D eigenvalue weighted by atomic mass is 10.0. The first-order chi connectivity index (χ1) is 11.1. The smallest absolute Gasteiger partial charge is 0.408 e. The van der Waals surface area contributed by atoms with E-state index >= 15 is 0 Å². The van der Waals surface area contributed by atoms with Crippen molar-refractivity contribution < 1.29 is 29.3 Å². The summed E-state index contributed by atoms with van der Waals surface area (Å²) in [6.07, 6.45) is -0.223. The van der Waals surface area contributed by atoms with Crippen molar-refractivity contribution in [2.45, 2.75) is 52.2 Å². The number of carboxylic acids is 1. The van der Waals surface area contributed by atoms with Crippen LogP contribution >= 0.6 is 0 Å². The number of amides is 1. The van der Waals surface area contributed by atoms with E-state index in [0.29, 0.717) is 12.0 Å². The maximum Gasteiger partial charge on any atom is 0.408 e. The lowest BCUT2D eigenvalue weighted by molar-refractivity contribution is -0.139. The van der Waals surface area contributed by atoms with Crippen LogP contribution in [0.1, 0.15) is 38.8 Å². The van der Waals surface area contributed by atoms with Crippen molar-refractivity contribution in [2.75, 3.05) is 7.11 Å². The summed E-state index contributed by atoms with van der Waals surface area (Å²) in [5.41, 5.74) is 0.538. The Morgan fingerprint density at radius 1 is 1.29 bits per heavy atom. The van der Waals surface area contributed by atoms with Crippen LogP contribution in [0.4, 0.5) is 4.79 Å². The van der Waals surface area contributed by atoms with E-state index in [0.717, 1.165) is 5.56 Å². The summed E-state index contributed by atoms with van der Waals surface area (Å²) in [7, 11) is 1.42. The number of alkyl carbamates (subject to hydrolysis) is 1. The minimum absolute atomic E-state index is 0.0926. The van der Waals surface area contributed by atoms with E-state index in [1.807, 2.05) is 6.92 Å². The highest BCUT2D eigenvalue weighted by Gasteiger charge is 2.26. The van der Waals surface area contributed by atoms with Gasteiger partial charge in [0.15, 0.2) is 11.5 Å². The van der Waals surface area contributed by atoms with Gasteiger partial charge in [0.2, 0.25) is 0 Å². The van der Waals surface area contributed by atoms with Crippen molar-refractivity contribution in [3.05, 3.63) is 23.3 Å². The van der Waals surface area contributed by atoms with Crippen LogP contribution in [-0.4, -0.2) is 41.0 Å². The van der Waals surface area contributed by atoms with Gasteiger partial charge in [-0.1, -0.05) is 13.0 Å². The Morgan fingerprint density at radius 2 is 1.92 bits per heavy atom. The number of aliphatic carboxylic acids is 1. The normalized spacial score (nSPS) is 12.4. The van der Waals surface area contributed by atoms with Crippen LogP contribution in [0.25, 0.3) is 0 Å². The van der Waals surface area contributed by atoms with E-state index in [4.69, 9.17) is 9.47 Å². The summed E-state index contributed by atoms with van der Waals surface area (Å²) in [5, 5.41) is 21.9. The molecule has 0 aliphatic carbocycles. The first-order valence-corrected chi connectivity index (χ1v) is 7.68. The van der Waals surface area contributed by atoms with Gasteiger partial charge in [-0.3, -0.25) is 0 Å². The number of ether oxygens (including phenoxy) is 2. The monoisotopic (exact) mass is 339 g/mol. The van der Waals surface area contributed by atoms with Crippen LogP contribution in [-0.2, 0) is 22.4 Å². The van der Waals surface area contributed by atoms with E-state index in [1.165, 1.54) is 7.11 Å². The molecule has 0 bridgehead atoms. The molecule has 1 atom stereocenters. The molecule has 1 unspecified atom stereocenters. The Hall–Kier alpha value is -2.44. The molecule has 3 N–H and O–H groups in total. The lowest BCUT2D eigenvalue weighted by Gasteiger charge is -2.22. The molecule has 0 spiro atoms. The van der Waals surface area contributed by atoms with E-state index in [9.17, 15) is 19.8 Å². The van der Waals surface area contributed by atoms with Crippen LogP contribution in [0.3, 0.4) is 0 Å². The lowest BCUT2D eigenvalue weighted by Crippen LogP contribution is -2.44. The number of benzene rings is 1. The van der Waals surface area contributed by atoms with Crippen molar-refractivity contribution >= 4 is 12.1 Å². The first-order valence-electron chi connectivity index (χ1n) is 7.68. The van der Waals surface area contributed by atoms with Gasteiger partial charge in [-0.05, 0) is 38.8 Å². The number of hydrogen-bond acceptors (Lipinski definition) is 5. The fourth-order valence-corrected chi connectivity index (χ4v) is 2.11. The molecule has 24 heavy (non-hydrogen) atoms. The average Bonchev–Trinajstić information content (AvgIpc) is 2.46. The average molecular weight is 339 g/mol. The Kier molecular flexibility index (Phi) is 6.45. The van der Waals surface area contributed by atoms with Gasteiger partial charge >= 0.3 is 12.1 Å². The Morgan fingerprint density at radius 3 is 2.38 bits per heavy atom. The standard InChI is InChI=1S/C17H25NO6/c1-6-10-7-11(14(19)13(8-10)23-5)9-12(15(20)21)18-16(22)24-17(2,3)4/h7-8,12,19H,6,9H2,1-5H3,(H,18,22)(H,20,21). The number of nitrogens with one attached hydrogen (secondary N) is 1. The quantitative estimate of drug-likeness (QED) is 0.735. The molecule has 134 valence electrons. The second kappa shape index (κ2) is 7.90. The minimum atomic E-state index is -1.23. The van der Waals surface area contributed by atoms with Gasteiger partial charge in [0.05, 0.1) is 7.11 Å². The SMILES string of the molecule is CCc1cc(CC(NC(=O)OC(C)(C)C)C(=O)O)c(O)c(OC)c1. The van der Waals surface area contributed by atoms with Gasteiger partial charge in [-0.15, -0.1) is 0 Å². The number of phenolic OH excluding ortho intramolecular Hbond substituents is 1. The molecule has 1 aromatic rings. The predicted molar refractivity (Wildman–Crippen MR) is 88.5 cm³/mol. The third-order valence-electron chi connectivity index (χ3n) is 3.25. The zero-order chi connectivity index (χ0) is 18.5. The maximum absolute atomic E-state index is 11.8. The molecule has 0 aromatic heterocycles. The summed E-state index contributed by atoms with van der Waals surface area (Å²) >= 11 is 0. The molecule has 7 nitrogen and oxygen atoms in total. The Balaban J connectivity index is 3.01. The van der Waals surface area contributed by atoms with Crippen LogP contribution in [0.5, 0.6) is 11.5 Å². The molecular formula is C17H25NO6. The molecule has 0 aliphatic rings. The highest BCUT2D eigenvalue weighted by atomic mass is 16.6. The molecular weight excluding hydrogens is 314 g/mol. The first kappa shape index (κ1) is 19.6. The number of phenols is 1. The molecule has 7 heteroatoms. The van der Waals surface area contributed by atoms with E-state index < -0.39 is 23.7 Å².